The van der Waals surface area contributed by atoms with E-state index in [1.165, 1.54) is 18.9 Å². The SMILES string of the molecule is N#Cc1c(F)cc(NC(=O)c2ccc(I)cc2N2CCC3(CC2)CC3)cc1N1CCC(F)(F)CC1. The van der Waals surface area contributed by atoms with Crippen molar-refractivity contribution in [2.24, 2.45) is 5.41 Å². The Bertz CT molecular complexity index is 1190. The number of nitriles is 1. The zero-order valence-corrected chi connectivity index (χ0v) is 21.4. The molecule has 2 aromatic rings. The first-order valence-corrected chi connectivity index (χ1v) is 13.0. The number of benzene rings is 2. The Labute approximate surface area is 216 Å². The van der Waals surface area contributed by atoms with Gasteiger partial charge in [-0.1, -0.05) is 0 Å². The van der Waals surface area contributed by atoms with Gasteiger partial charge in [0.1, 0.15) is 17.4 Å². The van der Waals surface area contributed by atoms with Crippen molar-refractivity contribution >= 4 is 45.6 Å². The van der Waals surface area contributed by atoms with Crippen LogP contribution in [-0.4, -0.2) is 38.0 Å². The average Bonchev–Trinajstić information content (AvgIpc) is 3.57. The highest BCUT2D eigenvalue weighted by molar-refractivity contribution is 14.1. The van der Waals surface area contributed by atoms with E-state index in [9.17, 15) is 23.2 Å². The number of alkyl halides is 2. The Morgan fingerprint density at radius 2 is 1.57 bits per heavy atom. The summed E-state index contributed by atoms with van der Waals surface area (Å²) >= 11 is 2.23. The Balaban J connectivity index is 1.39. The lowest BCUT2D eigenvalue weighted by atomic mass is 9.93. The second kappa shape index (κ2) is 9.19. The van der Waals surface area contributed by atoms with E-state index in [-0.39, 0.29) is 48.8 Å². The molecule has 1 saturated carbocycles. The number of carbonyl (C=O) groups is 1. The summed E-state index contributed by atoms with van der Waals surface area (Å²) in [4.78, 5) is 17.2. The number of halogens is 4. The molecule has 184 valence electrons. The quantitative estimate of drug-likeness (QED) is 0.431. The fourth-order valence-corrected chi connectivity index (χ4v) is 5.63. The molecule has 2 aliphatic heterocycles. The normalized spacial score (nSPS) is 20.4. The summed E-state index contributed by atoms with van der Waals surface area (Å²) in [5.41, 5.74) is 2.09. The summed E-state index contributed by atoms with van der Waals surface area (Å²) in [6.07, 6.45) is 4.11. The predicted octanol–water partition coefficient (Wildman–Crippen LogP) is 6.17. The number of hydrogen-bond donors (Lipinski definition) is 1. The third kappa shape index (κ3) is 5.08. The molecule has 0 radical (unpaired) electrons. The molecular formula is C26H26F3IN4O. The van der Waals surface area contributed by atoms with Crippen LogP contribution in [-0.2, 0) is 0 Å². The molecule has 1 amide bonds. The molecule has 1 aliphatic carbocycles. The molecule has 0 atom stereocenters. The molecule has 3 aliphatic rings. The van der Waals surface area contributed by atoms with Gasteiger partial charge < -0.3 is 15.1 Å². The van der Waals surface area contributed by atoms with E-state index in [2.05, 4.69) is 32.8 Å². The fraction of sp³-hybridized carbons (Fsp3) is 0.462. The number of rotatable bonds is 4. The number of piperidine rings is 2. The van der Waals surface area contributed by atoms with Gasteiger partial charge in [-0.05, 0) is 84.0 Å². The van der Waals surface area contributed by atoms with E-state index in [4.69, 9.17) is 0 Å². The van der Waals surface area contributed by atoms with Crippen LogP contribution in [0.5, 0.6) is 0 Å². The van der Waals surface area contributed by atoms with Gasteiger partial charge in [0.2, 0.25) is 0 Å². The zero-order valence-electron chi connectivity index (χ0n) is 19.2. The summed E-state index contributed by atoms with van der Waals surface area (Å²) in [5, 5.41) is 12.3. The van der Waals surface area contributed by atoms with E-state index < -0.39 is 11.7 Å². The second-order valence-electron chi connectivity index (χ2n) is 9.91. The van der Waals surface area contributed by atoms with Gasteiger partial charge in [0.15, 0.2) is 0 Å². The van der Waals surface area contributed by atoms with E-state index in [1.807, 2.05) is 18.2 Å². The molecule has 5 rings (SSSR count). The lowest BCUT2D eigenvalue weighted by Gasteiger charge is -2.35. The van der Waals surface area contributed by atoms with Crippen LogP contribution in [0.15, 0.2) is 30.3 Å². The minimum Gasteiger partial charge on any atom is -0.371 e. The number of nitrogens with zero attached hydrogens (tertiary/aromatic N) is 3. The Kier molecular flexibility index (Phi) is 6.36. The highest BCUT2D eigenvalue weighted by Crippen LogP contribution is 2.54. The lowest BCUT2D eigenvalue weighted by molar-refractivity contribution is -0.0220. The lowest BCUT2D eigenvalue weighted by Crippen LogP contribution is -2.39. The monoisotopic (exact) mass is 594 g/mol. The summed E-state index contributed by atoms with van der Waals surface area (Å²) in [7, 11) is 0. The molecule has 0 bridgehead atoms. The summed E-state index contributed by atoms with van der Waals surface area (Å²) in [6.45, 7) is 1.82. The van der Waals surface area contributed by atoms with Crippen molar-refractivity contribution in [3.63, 3.8) is 0 Å². The van der Waals surface area contributed by atoms with Crippen molar-refractivity contribution in [1.82, 2.24) is 0 Å². The predicted molar refractivity (Wildman–Crippen MR) is 138 cm³/mol. The molecular weight excluding hydrogens is 568 g/mol. The molecule has 5 nitrogen and oxygen atoms in total. The molecule has 0 unspecified atom stereocenters. The summed E-state index contributed by atoms with van der Waals surface area (Å²) in [5.74, 6) is -3.92. The third-order valence-electron chi connectivity index (χ3n) is 7.60. The first kappa shape index (κ1) is 24.2. The zero-order chi connectivity index (χ0) is 24.8. The van der Waals surface area contributed by atoms with Gasteiger partial charge in [0.05, 0.1) is 16.9 Å². The number of amides is 1. The van der Waals surface area contributed by atoms with Crippen LogP contribution in [0.3, 0.4) is 0 Å². The molecule has 0 aromatic heterocycles. The van der Waals surface area contributed by atoms with Crippen LogP contribution in [0.2, 0.25) is 0 Å². The highest BCUT2D eigenvalue weighted by Gasteiger charge is 2.44. The van der Waals surface area contributed by atoms with Crippen molar-refractivity contribution in [1.29, 1.82) is 5.26 Å². The summed E-state index contributed by atoms with van der Waals surface area (Å²) < 4.78 is 43.1. The van der Waals surface area contributed by atoms with Gasteiger partial charge in [-0.25, -0.2) is 13.2 Å². The van der Waals surface area contributed by atoms with Gasteiger partial charge in [0.25, 0.3) is 11.8 Å². The van der Waals surface area contributed by atoms with Gasteiger partial charge in [-0.15, -0.1) is 0 Å². The second-order valence-corrected chi connectivity index (χ2v) is 11.2. The average molecular weight is 594 g/mol. The first-order valence-electron chi connectivity index (χ1n) is 11.9. The largest absolute Gasteiger partial charge is 0.371 e. The maximum atomic E-state index is 14.8. The van der Waals surface area contributed by atoms with Crippen LogP contribution in [0.4, 0.5) is 30.2 Å². The smallest absolute Gasteiger partial charge is 0.257 e. The molecule has 2 saturated heterocycles. The third-order valence-corrected chi connectivity index (χ3v) is 8.27. The Morgan fingerprint density at radius 3 is 2.20 bits per heavy atom. The summed E-state index contributed by atoms with van der Waals surface area (Å²) in [6, 6.07) is 10.1. The first-order chi connectivity index (χ1) is 16.7. The van der Waals surface area contributed by atoms with Crippen molar-refractivity contribution in [2.75, 3.05) is 41.3 Å². The van der Waals surface area contributed by atoms with Crippen LogP contribution in [0.1, 0.15) is 54.4 Å². The van der Waals surface area contributed by atoms with Crippen LogP contribution >= 0.6 is 22.6 Å². The van der Waals surface area contributed by atoms with Crippen LogP contribution in [0.25, 0.3) is 0 Å². The fourth-order valence-electron chi connectivity index (χ4n) is 5.15. The molecule has 1 N–H and O–H groups in total. The van der Waals surface area contributed by atoms with Crippen LogP contribution in [0, 0.1) is 26.1 Å². The topological polar surface area (TPSA) is 59.4 Å². The molecule has 3 fully saturated rings. The van der Waals surface area contributed by atoms with E-state index in [1.54, 1.807) is 11.0 Å². The van der Waals surface area contributed by atoms with Gasteiger partial charge in [-0.2, -0.15) is 5.26 Å². The molecule has 35 heavy (non-hydrogen) atoms. The molecule has 2 heterocycles. The Hall–Kier alpha value is -2.48. The Morgan fingerprint density at radius 1 is 0.943 bits per heavy atom. The van der Waals surface area contributed by atoms with Gasteiger partial charge >= 0.3 is 0 Å². The van der Waals surface area contributed by atoms with E-state index in [0.29, 0.717) is 11.0 Å². The van der Waals surface area contributed by atoms with Crippen molar-refractivity contribution in [2.45, 2.75) is 44.4 Å². The highest BCUT2D eigenvalue weighted by atomic mass is 127. The maximum Gasteiger partial charge on any atom is 0.257 e. The van der Waals surface area contributed by atoms with Crippen molar-refractivity contribution in [3.05, 3.63) is 50.8 Å². The number of carbonyl (C=O) groups excluding carboxylic acids is 1. The number of nitrogens with one attached hydrogen (secondary N) is 1. The van der Waals surface area contributed by atoms with E-state index in [0.717, 1.165) is 41.3 Å². The minimum atomic E-state index is -2.76. The molecule has 9 heteroatoms. The number of anilines is 3. The minimum absolute atomic E-state index is 0.0102. The van der Waals surface area contributed by atoms with Crippen molar-refractivity contribution in [3.8, 4) is 6.07 Å². The van der Waals surface area contributed by atoms with Gasteiger partial charge in [0, 0.05) is 48.3 Å². The van der Waals surface area contributed by atoms with Crippen molar-refractivity contribution < 1.29 is 18.0 Å². The maximum absolute atomic E-state index is 14.8. The molecule has 1 spiro atoms. The van der Waals surface area contributed by atoms with Crippen LogP contribution < -0.4 is 15.1 Å². The van der Waals surface area contributed by atoms with E-state index >= 15 is 0 Å². The molecule has 2 aromatic carbocycles. The van der Waals surface area contributed by atoms with Gasteiger partial charge in [-0.3, -0.25) is 4.79 Å². The standard InChI is InChI=1S/C26H26F3IN4O/c27-21-14-18(15-23(20(21)16-31)34-11-7-26(28,29)8-12-34)32-24(35)19-2-1-17(30)13-22(19)33-9-5-25(3-4-25)6-10-33/h1-2,13-15H,3-12H2,(H,32,35). The number of hydrogen-bond acceptors (Lipinski definition) is 4.